The molecule has 174 valence electrons. The van der Waals surface area contributed by atoms with Crippen LogP contribution in [0.15, 0.2) is 65.8 Å². The molecule has 0 bridgehead atoms. The minimum atomic E-state index is -3.75. The van der Waals surface area contributed by atoms with Crippen LogP contribution in [0.25, 0.3) is 5.69 Å². The van der Waals surface area contributed by atoms with Crippen molar-refractivity contribution in [1.29, 1.82) is 0 Å². The van der Waals surface area contributed by atoms with Crippen LogP contribution in [0.2, 0.25) is 5.02 Å². The summed E-state index contributed by atoms with van der Waals surface area (Å²) in [6.07, 6.45) is 8.00. The molecule has 1 saturated heterocycles. The molecular weight excluding hydrogens is 460 g/mol. The zero-order chi connectivity index (χ0) is 23.3. The number of aromatic nitrogens is 2. The van der Waals surface area contributed by atoms with Crippen molar-refractivity contribution in [3.63, 3.8) is 0 Å². The van der Waals surface area contributed by atoms with Crippen LogP contribution in [0.1, 0.15) is 41.6 Å². The minimum Gasteiger partial charge on any atom is -0.352 e. The molecule has 7 nitrogen and oxygen atoms in total. The molecule has 4 rings (SSSR count). The van der Waals surface area contributed by atoms with Crippen LogP contribution in [-0.2, 0) is 16.4 Å². The van der Waals surface area contributed by atoms with Crippen LogP contribution in [0.5, 0.6) is 0 Å². The third kappa shape index (κ3) is 5.63. The number of para-hydroxylation sites is 1. The average Bonchev–Trinajstić information content (AvgIpc) is 3.11. The highest BCUT2D eigenvalue weighted by atomic mass is 35.5. The number of amides is 1. The normalized spacial score (nSPS) is 15.2. The van der Waals surface area contributed by atoms with E-state index < -0.39 is 10.0 Å². The van der Waals surface area contributed by atoms with Gasteiger partial charge in [0, 0.05) is 31.4 Å². The summed E-state index contributed by atoms with van der Waals surface area (Å²) >= 11 is 6.24. The van der Waals surface area contributed by atoms with E-state index in [1.807, 2.05) is 36.5 Å². The molecule has 1 amide bonds. The molecule has 1 N–H and O–H groups in total. The second-order valence-electron chi connectivity index (χ2n) is 8.10. The molecule has 0 saturated carbocycles. The van der Waals surface area contributed by atoms with Gasteiger partial charge in [-0.05, 0) is 55.2 Å². The molecule has 2 aromatic carbocycles. The molecule has 33 heavy (non-hydrogen) atoms. The van der Waals surface area contributed by atoms with Crippen molar-refractivity contribution in [2.24, 2.45) is 0 Å². The number of carbonyl (C=O) groups is 1. The predicted molar refractivity (Wildman–Crippen MR) is 128 cm³/mol. The van der Waals surface area contributed by atoms with E-state index in [9.17, 15) is 13.2 Å². The molecule has 0 unspecified atom stereocenters. The first-order chi connectivity index (χ1) is 15.9. The van der Waals surface area contributed by atoms with Gasteiger partial charge in [-0.25, -0.2) is 13.1 Å². The highest BCUT2D eigenvalue weighted by Crippen LogP contribution is 2.27. The third-order valence-corrected chi connectivity index (χ3v) is 8.11. The summed E-state index contributed by atoms with van der Waals surface area (Å²) in [6, 6.07) is 14.2. The van der Waals surface area contributed by atoms with Crippen LogP contribution >= 0.6 is 11.6 Å². The van der Waals surface area contributed by atoms with E-state index in [4.69, 9.17) is 11.6 Å². The SMILES string of the molecule is O=C(NCCc1cnn(-c2ccccc2)c1)c1ccc(Cl)c(S(=O)(=O)N2CCCCCC2)c1. The maximum Gasteiger partial charge on any atom is 0.251 e. The van der Waals surface area contributed by atoms with E-state index in [-0.39, 0.29) is 21.4 Å². The molecule has 0 radical (unpaired) electrons. The molecule has 2 heterocycles. The zero-order valence-electron chi connectivity index (χ0n) is 18.3. The van der Waals surface area contributed by atoms with Gasteiger partial charge in [-0.15, -0.1) is 0 Å². The van der Waals surface area contributed by atoms with E-state index >= 15 is 0 Å². The van der Waals surface area contributed by atoms with Crippen LogP contribution in [0.3, 0.4) is 0 Å². The standard InChI is InChI=1S/C24H27ClN4O3S/c25-22-11-10-20(16-23(22)33(31,32)28-14-6-1-2-7-15-28)24(30)26-13-12-19-17-27-29(18-19)21-8-4-3-5-9-21/h3-5,8-11,16-18H,1-2,6-7,12-15H2,(H,26,30). The Morgan fingerprint density at radius 3 is 2.48 bits per heavy atom. The summed E-state index contributed by atoms with van der Waals surface area (Å²) < 4.78 is 29.6. The van der Waals surface area contributed by atoms with E-state index in [0.29, 0.717) is 26.1 Å². The van der Waals surface area contributed by atoms with Gasteiger partial charge in [-0.1, -0.05) is 42.6 Å². The van der Waals surface area contributed by atoms with Crippen LogP contribution < -0.4 is 5.32 Å². The lowest BCUT2D eigenvalue weighted by molar-refractivity contribution is 0.0954. The highest BCUT2D eigenvalue weighted by Gasteiger charge is 2.28. The van der Waals surface area contributed by atoms with E-state index in [1.54, 1.807) is 16.9 Å². The van der Waals surface area contributed by atoms with Gasteiger partial charge in [-0.3, -0.25) is 4.79 Å². The first-order valence-electron chi connectivity index (χ1n) is 11.1. The third-order valence-electron chi connectivity index (χ3n) is 5.73. The Bertz CT molecular complexity index is 1200. The van der Waals surface area contributed by atoms with Crippen LogP contribution in [0.4, 0.5) is 0 Å². The molecule has 1 aliphatic heterocycles. The zero-order valence-corrected chi connectivity index (χ0v) is 19.9. The number of carbonyl (C=O) groups excluding carboxylic acids is 1. The summed E-state index contributed by atoms with van der Waals surface area (Å²) in [6.45, 7) is 1.35. The van der Waals surface area contributed by atoms with Crippen LogP contribution in [-0.4, -0.2) is 48.0 Å². The lowest BCUT2D eigenvalue weighted by atomic mass is 10.2. The molecule has 3 aromatic rings. The van der Waals surface area contributed by atoms with Gasteiger partial charge in [0.1, 0.15) is 4.90 Å². The molecule has 0 spiro atoms. The molecule has 1 fully saturated rings. The van der Waals surface area contributed by atoms with Crippen molar-refractivity contribution in [2.75, 3.05) is 19.6 Å². The second-order valence-corrected chi connectivity index (χ2v) is 10.4. The van der Waals surface area contributed by atoms with E-state index in [0.717, 1.165) is 36.9 Å². The summed E-state index contributed by atoms with van der Waals surface area (Å²) in [5.74, 6) is -0.338. The molecule has 0 atom stereocenters. The number of halogens is 1. The number of hydrogen-bond acceptors (Lipinski definition) is 4. The van der Waals surface area contributed by atoms with E-state index in [1.165, 1.54) is 16.4 Å². The fourth-order valence-electron chi connectivity index (χ4n) is 3.90. The lowest BCUT2D eigenvalue weighted by Gasteiger charge is -2.21. The molecule has 0 aliphatic carbocycles. The van der Waals surface area contributed by atoms with Crippen LogP contribution in [0, 0.1) is 0 Å². The number of rotatable bonds is 7. The van der Waals surface area contributed by atoms with Crippen molar-refractivity contribution in [2.45, 2.75) is 37.0 Å². The average molecular weight is 487 g/mol. The fraction of sp³-hybridized carbons (Fsp3) is 0.333. The molecule has 1 aromatic heterocycles. The summed E-state index contributed by atoms with van der Waals surface area (Å²) in [5, 5.41) is 7.35. The number of nitrogens with one attached hydrogen (secondary N) is 1. The number of hydrogen-bond donors (Lipinski definition) is 1. The van der Waals surface area contributed by atoms with Gasteiger partial charge in [-0.2, -0.15) is 9.40 Å². The molecular formula is C24H27ClN4O3S. The Kier molecular flexibility index (Phi) is 7.47. The van der Waals surface area contributed by atoms with Crippen molar-refractivity contribution >= 4 is 27.5 Å². The van der Waals surface area contributed by atoms with Crippen molar-refractivity contribution in [3.05, 3.63) is 77.1 Å². The van der Waals surface area contributed by atoms with Crippen molar-refractivity contribution in [3.8, 4) is 5.69 Å². The van der Waals surface area contributed by atoms with E-state index in [2.05, 4.69) is 10.4 Å². The topological polar surface area (TPSA) is 84.3 Å². The number of nitrogens with zero attached hydrogens (tertiary/aromatic N) is 3. The lowest BCUT2D eigenvalue weighted by Crippen LogP contribution is -2.32. The molecule has 9 heteroatoms. The summed E-state index contributed by atoms with van der Waals surface area (Å²) in [5.41, 5.74) is 2.22. The van der Waals surface area contributed by atoms with Gasteiger partial charge in [0.2, 0.25) is 10.0 Å². The Hall–Kier alpha value is -2.68. The first kappa shape index (κ1) is 23.5. The number of benzene rings is 2. The highest BCUT2D eigenvalue weighted by molar-refractivity contribution is 7.89. The summed E-state index contributed by atoms with van der Waals surface area (Å²) in [7, 11) is -3.75. The van der Waals surface area contributed by atoms with Crippen molar-refractivity contribution in [1.82, 2.24) is 19.4 Å². The fourth-order valence-corrected chi connectivity index (χ4v) is 5.91. The predicted octanol–water partition coefficient (Wildman–Crippen LogP) is 4.06. The van der Waals surface area contributed by atoms with Gasteiger partial charge in [0.15, 0.2) is 0 Å². The minimum absolute atomic E-state index is 0.0112. The first-order valence-corrected chi connectivity index (χ1v) is 12.9. The van der Waals surface area contributed by atoms with Gasteiger partial charge in [0.25, 0.3) is 5.91 Å². The Balaban J connectivity index is 1.40. The smallest absolute Gasteiger partial charge is 0.251 e. The Morgan fingerprint density at radius 1 is 1.03 bits per heavy atom. The second kappa shape index (κ2) is 10.5. The Labute approximate surface area is 199 Å². The number of sulfonamides is 1. The van der Waals surface area contributed by atoms with Gasteiger partial charge < -0.3 is 5.32 Å². The maximum atomic E-state index is 13.2. The Morgan fingerprint density at radius 2 is 1.76 bits per heavy atom. The largest absolute Gasteiger partial charge is 0.352 e. The summed E-state index contributed by atoms with van der Waals surface area (Å²) in [4.78, 5) is 12.7. The molecule has 1 aliphatic rings. The maximum absolute atomic E-state index is 13.2. The van der Waals surface area contributed by atoms with Crippen molar-refractivity contribution < 1.29 is 13.2 Å². The quantitative estimate of drug-likeness (QED) is 0.545. The monoisotopic (exact) mass is 486 g/mol. The van der Waals surface area contributed by atoms with Gasteiger partial charge >= 0.3 is 0 Å². The van der Waals surface area contributed by atoms with Gasteiger partial charge in [0.05, 0.1) is 16.9 Å².